The minimum Gasteiger partial charge on any atom is -0.397 e. The molecule has 0 N–H and O–H groups in total. The third-order valence-corrected chi connectivity index (χ3v) is 3.99. The van der Waals surface area contributed by atoms with Crippen LogP contribution in [0.25, 0.3) is 0 Å². The lowest BCUT2D eigenvalue weighted by molar-refractivity contribution is 0.216. The molecule has 0 spiro atoms. The Hall–Kier alpha value is -0.123. The summed E-state index contributed by atoms with van der Waals surface area (Å²) in [5.74, 6) is 0. The van der Waals surface area contributed by atoms with Crippen molar-refractivity contribution < 1.29 is 8.85 Å². The van der Waals surface area contributed by atoms with Crippen LogP contribution in [0.3, 0.4) is 0 Å². The molecule has 0 radical (unpaired) electrons. The zero-order valence-corrected chi connectivity index (χ0v) is 10.9. The Balaban J connectivity index is 3.52. The fourth-order valence-corrected chi connectivity index (χ4v) is 2.73. The molecule has 84 valence electrons. The Morgan fingerprint density at radius 1 is 1.00 bits per heavy atom. The highest BCUT2D eigenvalue weighted by atomic mass is 28.3. The Morgan fingerprint density at radius 2 is 1.64 bits per heavy atom. The molecule has 14 heavy (non-hydrogen) atoms. The highest BCUT2D eigenvalue weighted by molar-refractivity contribution is 6.44. The summed E-state index contributed by atoms with van der Waals surface area (Å²) in [4.78, 5) is 0. The molecule has 0 saturated carbocycles. The lowest BCUT2D eigenvalue weighted by Gasteiger charge is -2.12. The molecule has 0 aromatic rings. The molecule has 0 rings (SSSR count). The molecular weight excluding hydrogens is 192 g/mol. The first-order valence-corrected chi connectivity index (χ1v) is 7.49. The summed E-state index contributed by atoms with van der Waals surface area (Å²) in [5.41, 5.74) is 0. The predicted molar refractivity (Wildman–Crippen MR) is 63.9 cm³/mol. The second-order valence-electron chi connectivity index (χ2n) is 3.19. The van der Waals surface area contributed by atoms with Gasteiger partial charge in [-0.3, -0.25) is 0 Å². The molecule has 0 bridgehead atoms. The van der Waals surface area contributed by atoms with E-state index in [0.717, 1.165) is 19.3 Å². The molecule has 0 fully saturated rings. The van der Waals surface area contributed by atoms with E-state index in [1.54, 1.807) is 0 Å². The van der Waals surface area contributed by atoms with E-state index in [0.29, 0.717) is 0 Å². The molecule has 0 aliphatic rings. The topological polar surface area (TPSA) is 18.5 Å². The van der Waals surface area contributed by atoms with E-state index < -0.39 is 9.28 Å². The van der Waals surface area contributed by atoms with E-state index in [4.69, 9.17) is 8.85 Å². The molecular formula is C11H24O2Si. The van der Waals surface area contributed by atoms with Crippen LogP contribution in [0, 0.1) is 0 Å². The lowest BCUT2D eigenvalue weighted by atomic mass is 10.2. The largest absolute Gasteiger partial charge is 0.397 e. The maximum absolute atomic E-state index is 5.55. The number of unbranched alkanes of at least 4 members (excludes halogenated alkanes) is 2. The van der Waals surface area contributed by atoms with Crippen molar-refractivity contribution >= 4 is 9.28 Å². The molecule has 0 aromatic heterocycles. The summed E-state index contributed by atoms with van der Waals surface area (Å²) in [6.07, 6.45) is 8.21. The van der Waals surface area contributed by atoms with E-state index in [1.807, 2.05) is 13.8 Å². The van der Waals surface area contributed by atoms with Crippen molar-refractivity contribution in [3.63, 3.8) is 0 Å². The van der Waals surface area contributed by atoms with Gasteiger partial charge in [-0.15, -0.1) is 0 Å². The average Bonchev–Trinajstić information content (AvgIpc) is 2.18. The first-order chi connectivity index (χ1) is 6.85. The van der Waals surface area contributed by atoms with Crippen LogP contribution in [0.15, 0.2) is 12.2 Å². The van der Waals surface area contributed by atoms with E-state index in [2.05, 4.69) is 19.1 Å². The van der Waals surface area contributed by atoms with Crippen LogP contribution < -0.4 is 0 Å². The monoisotopic (exact) mass is 216 g/mol. The average molecular weight is 216 g/mol. The van der Waals surface area contributed by atoms with Crippen molar-refractivity contribution in [1.82, 2.24) is 0 Å². The van der Waals surface area contributed by atoms with Crippen LogP contribution in [0.4, 0.5) is 0 Å². The Morgan fingerprint density at radius 3 is 2.14 bits per heavy atom. The van der Waals surface area contributed by atoms with Gasteiger partial charge < -0.3 is 8.85 Å². The highest BCUT2D eigenvalue weighted by Gasteiger charge is 2.08. The van der Waals surface area contributed by atoms with Crippen LogP contribution >= 0.6 is 0 Å². The maximum Gasteiger partial charge on any atom is 0.325 e. The minimum absolute atomic E-state index is 0.777. The van der Waals surface area contributed by atoms with Gasteiger partial charge in [-0.25, -0.2) is 0 Å². The van der Waals surface area contributed by atoms with E-state index >= 15 is 0 Å². The van der Waals surface area contributed by atoms with Crippen LogP contribution in [-0.2, 0) is 8.85 Å². The molecule has 0 aromatic carbocycles. The molecule has 2 nitrogen and oxygen atoms in total. The first-order valence-electron chi connectivity index (χ1n) is 5.73. The smallest absolute Gasteiger partial charge is 0.325 e. The molecule has 0 unspecified atom stereocenters. The summed E-state index contributed by atoms with van der Waals surface area (Å²) in [6, 6.07) is 1.01. The number of hydrogen-bond donors (Lipinski definition) is 0. The lowest BCUT2D eigenvalue weighted by Crippen LogP contribution is -2.21. The van der Waals surface area contributed by atoms with Gasteiger partial charge >= 0.3 is 9.28 Å². The van der Waals surface area contributed by atoms with Gasteiger partial charge in [-0.1, -0.05) is 31.9 Å². The molecule has 0 heterocycles. The summed E-state index contributed by atoms with van der Waals surface area (Å²) < 4.78 is 11.1. The van der Waals surface area contributed by atoms with Gasteiger partial charge in [0.1, 0.15) is 0 Å². The van der Waals surface area contributed by atoms with Crippen LogP contribution in [-0.4, -0.2) is 22.5 Å². The molecule has 0 aliphatic carbocycles. The van der Waals surface area contributed by atoms with Crippen molar-refractivity contribution in [2.45, 2.75) is 46.1 Å². The van der Waals surface area contributed by atoms with Gasteiger partial charge in [0.15, 0.2) is 0 Å². The number of hydrogen-bond acceptors (Lipinski definition) is 2. The summed E-state index contributed by atoms with van der Waals surface area (Å²) in [6.45, 7) is 7.82. The standard InChI is InChI=1S/C11H24O2Si/c1-4-7-8-9-10-11-14(12-5-2)13-6-3/h9-10,14H,4-8,11H2,1-3H3. The van der Waals surface area contributed by atoms with Crippen LogP contribution in [0.5, 0.6) is 0 Å². The van der Waals surface area contributed by atoms with Gasteiger partial charge in [0.25, 0.3) is 0 Å². The third kappa shape index (κ3) is 8.47. The Bertz CT molecular complexity index is 131. The van der Waals surface area contributed by atoms with Gasteiger partial charge in [0, 0.05) is 19.3 Å². The Kier molecular flexibility index (Phi) is 10.9. The van der Waals surface area contributed by atoms with Gasteiger partial charge in [-0.2, -0.15) is 0 Å². The predicted octanol–water partition coefficient (Wildman–Crippen LogP) is 3.03. The quantitative estimate of drug-likeness (QED) is 0.335. The van der Waals surface area contributed by atoms with Gasteiger partial charge in [0.05, 0.1) is 0 Å². The SMILES string of the molecule is CCCCC=CC[SiH](OCC)OCC. The van der Waals surface area contributed by atoms with E-state index in [9.17, 15) is 0 Å². The van der Waals surface area contributed by atoms with Crippen molar-refractivity contribution in [3.8, 4) is 0 Å². The zero-order valence-electron chi connectivity index (χ0n) is 9.79. The molecule has 3 heteroatoms. The summed E-state index contributed by atoms with van der Waals surface area (Å²) >= 11 is 0. The van der Waals surface area contributed by atoms with Crippen molar-refractivity contribution in [3.05, 3.63) is 12.2 Å². The minimum atomic E-state index is -1.37. The second kappa shape index (κ2) is 11.0. The van der Waals surface area contributed by atoms with Crippen molar-refractivity contribution in [1.29, 1.82) is 0 Å². The number of allylic oxidation sites excluding steroid dienone is 2. The van der Waals surface area contributed by atoms with Crippen molar-refractivity contribution in [2.24, 2.45) is 0 Å². The van der Waals surface area contributed by atoms with E-state index in [1.165, 1.54) is 19.3 Å². The second-order valence-corrected chi connectivity index (χ2v) is 5.19. The van der Waals surface area contributed by atoms with Gasteiger partial charge in [-0.05, 0) is 20.3 Å². The molecule has 0 aliphatic heterocycles. The molecule has 0 amide bonds. The zero-order chi connectivity index (χ0) is 10.6. The van der Waals surface area contributed by atoms with Crippen LogP contribution in [0.1, 0.15) is 40.0 Å². The molecule has 0 atom stereocenters. The van der Waals surface area contributed by atoms with Crippen LogP contribution in [0.2, 0.25) is 6.04 Å². The van der Waals surface area contributed by atoms with E-state index in [-0.39, 0.29) is 0 Å². The molecule has 0 saturated heterocycles. The summed E-state index contributed by atoms with van der Waals surface area (Å²) in [5, 5.41) is 0. The highest BCUT2D eigenvalue weighted by Crippen LogP contribution is 2.01. The van der Waals surface area contributed by atoms with Crippen molar-refractivity contribution in [2.75, 3.05) is 13.2 Å². The third-order valence-electron chi connectivity index (χ3n) is 1.92. The maximum atomic E-state index is 5.55. The normalized spacial score (nSPS) is 11.7. The summed E-state index contributed by atoms with van der Waals surface area (Å²) in [7, 11) is -1.37. The number of rotatable bonds is 9. The Labute approximate surface area is 90.2 Å². The fourth-order valence-electron chi connectivity index (χ4n) is 1.20. The fraction of sp³-hybridized carbons (Fsp3) is 0.818. The van der Waals surface area contributed by atoms with Gasteiger partial charge in [0.2, 0.25) is 0 Å². The first kappa shape index (κ1) is 13.9.